The van der Waals surface area contributed by atoms with E-state index in [0.29, 0.717) is 0 Å². The zero-order chi connectivity index (χ0) is 39.3. The average Bonchev–Trinajstić information content (AvgIpc) is 3.90. The molecule has 0 radical (unpaired) electrons. The van der Waals surface area contributed by atoms with Gasteiger partial charge in [0.1, 0.15) is 0 Å². The first-order chi connectivity index (χ1) is 29.8. The molecule has 0 unspecified atom stereocenters. The van der Waals surface area contributed by atoms with Gasteiger partial charge in [-0.3, -0.25) is 0 Å². The van der Waals surface area contributed by atoms with E-state index in [-0.39, 0.29) is 14.5 Å². The Bertz CT molecular complexity index is 3770. The van der Waals surface area contributed by atoms with Gasteiger partial charge in [-0.2, -0.15) is 0 Å². The van der Waals surface area contributed by atoms with E-state index in [2.05, 4.69) is 206 Å². The van der Waals surface area contributed by atoms with Crippen LogP contribution >= 0.6 is 0 Å². The first-order valence-corrected chi connectivity index (χ1v) is 22.3. The summed E-state index contributed by atoms with van der Waals surface area (Å²) in [7, 11) is 0. The number of fused-ring (bicyclic) bond motifs is 10. The predicted molar refractivity (Wildman–Crippen MR) is 257 cm³/mol. The third-order valence-electron chi connectivity index (χ3n) is 12.7. The zero-order valence-electron chi connectivity index (χ0n) is 32.4. The Morgan fingerprint density at radius 1 is 0.267 bits per heavy atom. The monoisotopic (exact) mass is 826 g/mol. The molecule has 0 spiro atoms. The van der Waals surface area contributed by atoms with Gasteiger partial charge in [-0.1, -0.05) is 12.1 Å². The van der Waals surface area contributed by atoms with Crippen molar-refractivity contribution < 1.29 is 4.42 Å². The van der Waals surface area contributed by atoms with Gasteiger partial charge in [-0.25, -0.2) is 0 Å². The van der Waals surface area contributed by atoms with Gasteiger partial charge in [0.25, 0.3) is 0 Å². The van der Waals surface area contributed by atoms with Crippen LogP contribution < -0.4 is 0 Å². The van der Waals surface area contributed by atoms with Crippen LogP contribution in [0.1, 0.15) is 0 Å². The van der Waals surface area contributed by atoms with Crippen molar-refractivity contribution in [3.8, 4) is 44.5 Å². The van der Waals surface area contributed by atoms with E-state index in [0.717, 1.165) is 27.5 Å². The molecule has 0 saturated heterocycles. The van der Waals surface area contributed by atoms with Crippen molar-refractivity contribution >= 4 is 98.8 Å². The van der Waals surface area contributed by atoms with Gasteiger partial charge in [-0.05, 0) is 0 Å². The van der Waals surface area contributed by atoms with Crippen LogP contribution in [0.3, 0.4) is 0 Å². The minimum absolute atomic E-state index is 0.148. The summed E-state index contributed by atoms with van der Waals surface area (Å²) in [5.74, 6) is 0. The van der Waals surface area contributed by atoms with E-state index in [1.54, 1.807) is 0 Å². The normalized spacial score (nSPS) is 12.0. The standard InChI is InChI=1S/C58H34OSe/c1-2-17-35(18-3-1)52-37-20-4-6-22-39(37)53(40-23-7-5-21-38(40)52)46-29-15-33-50-56(46)57-47(30-16-34-51(57)60-50)54-41-24-8-10-26-43(41)55(44-27-11-9-25-42(44)54)48-31-14-28-45-36-19-12-13-32-49(36)59-58(45)48/h1-34H. The average molecular weight is 826 g/mol. The topological polar surface area (TPSA) is 13.1 Å². The molecule has 0 saturated carbocycles. The third-order valence-corrected chi connectivity index (χ3v) is 15.0. The van der Waals surface area contributed by atoms with E-state index < -0.39 is 0 Å². The molecule has 60 heavy (non-hydrogen) atoms. The van der Waals surface area contributed by atoms with Gasteiger partial charge < -0.3 is 0 Å². The molecule has 2 heteroatoms. The third kappa shape index (κ3) is 4.81. The van der Waals surface area contributed by atoms with Gasteiger partial charge in [0, 0.05) is 0 Å². The van der Waals surface area contributed by atoms with Crippen LogP contribution in [0.2, 0.25) is 0 Å². The van der Waals surface area contributed by atoms with Crippen LogP contribution in [0.15, 0.2) is 211 Å². The Labute approximate surface area is 352 Å². The zero-order valence-corrected chi connectivity index (χ0v) is 34.2. The molecule has 13 rings (SSSR count). The summed E-state index contributed by atoms with van der Waals surface area (Å²) in [6.07, 6.45) is 0. The molecule has 1 nitrogen and oxygen atoms in total. The van der Waals surface area contributed by atoms with Crippen molar-refractivity contribution in [2.24, 2.45) is 0 Å². The molecule has 0 fully saturated rings. The SMILES string of the molecule is c1ccc(-c2c3ccccc3c(-c3cccc4[se]c5cccc(-c6c7ccccc7c(-c7cccc8c7oc7ccccc78)c7ccccc67)c5c34)c3ccccc23)cc1. The van der Waals surface area contributed by atoms with Crippen molar-refractivity contribution in [1.82, 2.24) is 0 Å². The molecule has 0 bridgehead atoms. The van der Waals surface area contributed by atoms with Crippen LogP contribution in [-0.4, -0.2) is 14.5 Å². The molecule has 13 aromatic rings. The van der Waals surface area contributed by atoms with Gasteiger partial charge in [0.2, 0.25) is 0 Å². The number of para-hydroxylation sites is 2. The molecule has 11 aromatic carbocycles. The van der Waals surface area contributed by atoms with Crippen molar-refractivity contribution in [2.45, 2.75) is 0 Å². The predicted octanol–water partition coefficient (Wildman–Crippen LogP) is 16.2. The summed E-state index contributed by atoms with van der Waals surface area (Å²) in [5, 5.41) is 15.1. The molecule has 0 amide bonds. The molecule has 0 atom stereocenters. The van der Waals surface area contributed by atoms with E-state index in [1.807, 2.05) is 0 Å². The Morgan fingerprint density at radius 2 is 0.633 bits per heavy atom. The van der Waals surface area contributed by atoms with Gasteiger partial charge in [-0.15, -0.1) is 0 Å². The number of benzene rings is 11. The van der Waals surface area contributed by atoms with Crippen LogP contribution in [0.25, 0.3) is 129 Å². The first kappa shape index (κ1) is 33.7. The van der Waals surface area contributed by atoms with Gasteiger partial charge in [0.15, 0.2) is 0 Å². The summed E-state index contributed by atoms with van der Waals surface area (Å²) in [4.78, 5) is 0. The fourth-order valence-electron chi connectivity index (χ4n) is 10.3. The summed E-state index contributed by atoms with van der Waals surface area (Å²) in [6, 6.07) is 76.1. The summed E-state index contributed by atoms with van der Waals surface area (Å²) >= 11 is 0.148. The minimum atomic E-state index is 0.148. The second kappa shape index (κ2) is 13.1. The molecule has 0 N–H and O–H groups in total. The van der Waals surface area contributed by atoms with Crippen LogP contribution in [0.5, 0.6) is 0 Å². The number of hydrogen-bond acceptors (Lipinski definition) is 1. The van der Waals surface area contributed by atoms with E-state index in [4.69, 9.17) is 4.42 Å². The molecule has 0 aliphatic carbocycles. The molecule has 278 valence electrons. The Balaban J connectivity index is 1.15. The van der Waals surface area contributed by atoms with Crippen molar-refractivity contribution in [1.29, 1.82) is 0 Å². The quantitative estimate of drug-likeness (QED) is 0.127. The maximum absolute atomic E-state index is 6.70. The van der Waals surface area contributed by atoms with E-state index in [1.165, 1.54) is 101 Å². The summed E-state index contributed by atoms with van der Waals surface area (Å²) < 4.78 is 9.57. The number of hydrogen-bond donors (Lipinski definition) is 0. The van der Waals surface area contributed by atoms with E-state index >= 15 is 0 Å². The Morgan fingerprint density at radius 3 is 1.13 bits per heavy atom. The molecular formula is C58H34OSe. The van der Waals surface area contributed by atoms with Crippen LogP contribution in [0, 0.1) is 0 Å². The summed E-state index contributed by atoms with van der Waals surface area (Å²) in [6.45, 7) is 0. The second-order valence-corrected chi connectivity index (χ2v) is 18.1. The molecule has 2 heterocycles. The van der Waals surface area contributed by atoms with Crippen molar-refractivity contribution in [3.05, 3.63) is 206 Å². The molecule has 2 aromatic heterocycles. The Kier molecular flexibility index (Phi) is 7.39. The molecule has 0 aliphatic rings. The van der Waals surface area contributed by atoms with Gasteiger partial charge in [0.05, 0.1) is 0 Å². The van der Waals surface area contributed by atoms with Crippen LogP contribution in [-0.2, 0) is 0 Å². The fraction of sp³-hybridized carbons (Fsp3) is 0. The second-order valence-electron chi connectivity index (χ2n) is 15.8. The fourth-order valence-corrected chi connectivity index (χ4v) is 12.7. The summed E-state index contributed by atoms with van der Waals surface area (Å²) in [5.41, 5.74) is 11.9. The first-order valence-electron chi connectivity index (χ1n) is 20.6. The maximum atomic E-state index is 6.70. The van der Waals surface area contributed by atoms with Crippen molar-refractivity contribution in [2.75, 3.05) is 0 Å². The number of furan rings is 1. The van der Waals surface area contributed by atoms with Crippen molar-refractivity contribution in [3.63, 3.8) is 0 Å². The Hall–Kier alpha value is -7.22. The molecular weight excluding hydrogens is 792 g/mol. The van der Waals surface area contributed by atoms with Crippen LogP contribution in [0.4, 0.5) is 0 Å². The number of rotatable bonds is 4. The molecule has 0 aliphatic heterocycles. The van der Waals surface area contributed by atoms with Gasteiger partial charge >= 0.3 is 342 Å². The van der Waals surface area contributed by atoms with E-state index in [9.17, 15) is 0 Å².